The van der Waals surface area contributed by atoms with Crippen molar-refractivity contribution >= 4 is 45.1 Å². The number of nitrogens with one attached hydrogen (secondary N) is 1. The van der Waals surface area contributed by atoms with Gasteiger partial charge in [-0.2, -0.15) is 0 Å². The second-order valence-corrected chi connectivity index (χ2v) is 9.88. The Labute approximate surface area is 203 Å². The number of hydrogen-bond acceptors (Lipinski definition) is 8. The van der Waals surface area contributed by atoms with Crippen LogP contribution in [-0.2, 0) is 0 Å². The molecular weight excluding hydrogens is 451 g/mol. The second-order valence-electron chi connectivity index (χ2n) is 8.89. The molecule has 178 valence electrons. The lowest BCUT2D eigenvalue weighted by Crippen LogP contribution is -2.44. The number of thiazole rings is 1. The summed E-state index contributed by atoms with van der Waals surface area (Å²) in [6.45, 7) is 5.54. The van der Waals surface area contributed by atoms with Gasteiger partial charge in [0.2, 0.25) is 5.78 Å². The maximum atomic E-state index is 14.8. The summed E-state index contributed by atoms with van der Waals surface area (Å²) in [6.07, 6.45) is 2.41. The molecule has 0 radical (unpaired) electrons. The number of benzene rings is 2. The average molecular weight is 481 g/mol. The third kappa shape index (κ3) is 4.71. The van der Waals surface area contributed by atoms with Crippen molar-refractivity contribution in [3.05, 3.63) is 58.7 Å². The molecule has 2 fully saturated rings. The maximum Gasteiger partial charge on any atom is 0.206 e. The molecule has 3 heterocycles. The van der Waals surface area contributed by atoms with E-state index in [-0.39, 0.29) is 17.4 Å². The van der Waals surface area contributed by atoms with Crippen LogP contribution in [0.15, 0.2) is 42.5 Å². The molecule has 0 aliphatic carbocycles. The number of hydrogen-bond donors (Lipinski definition) is 2. The fourth-order valence-corrected chi connectivity index (χ4v) is 5.36. The zero-order valence-corrected chi connectivity index (χ0v) is 20.1. The van der Waals surface area contributed by atoms with Gasteiger partial charge in [-0.15, -0.1) is 0 Å². The van der Waals surface area contributed by atoms with Gasteiger partial charge in [-0.25, -0.2) is 9.37 Å². The number of ketones is 1. The number of nitrogens with zero attached hydrogens (tertiary/aromatic N) is 4. The average Bonchev–Trinajstić information content (AvgIpc) is 3.50. The molecule has 0 saturated carbocycles. The summed E-state index contributed by atoms with van der Waals surface area (Å²) < 4.78 is 14.8. The molecule has 0 bridgehead atoms. The van der Waals surface area contributed by atoms with Gasteiger partial charge in [0, 0.05) is 56.2 Å². The van der Waals surface area contributed by atoms with E-state index in [9.17, 15) is 9.18 Å². The van der Waals surface area contributed by atoms with Crippen LogP contribution in [0.4, 0.5) is 32.4 Å². The maximum absolute atomic E-state index is 14.8. The molecule has 9 heteroatoms. The summed E-state index contributed by atoms with van der Waals surface area (Å²) in [5, 5.41) is 3.56. The summed E-state index contributed by atoms with van der Waals surface area (Å²) in [5.74, 6) is -0.267. The Morgan fingerprint density at radius 3 is 2.38 bits per heavy atom. The summed E-state index contributed by atoms with van der Waals surface area (Å²) >= 11 is 1.18. The van der Waals surface area contributed by atoms with Crippen LogP contribution in [0.1, 0.15) is 28.1 Å². The van der Waals surface area contributed by atoms with Gasteiger partial charge in [0.1, 0.15) is 16.5 Å². The number of piperazine rings is 1. The molecule has 0 amide bonds. The van der Waals surface area contributed by atoms with Gasteiger partial charge in [0.15, 0.2) is 5.13 Å². The topological polar surface area (TPSA) is 77.7 Å². The van der Waals surface area contributed by atoms with E-state index in [0.29, 0.717) is 26.9 Å². The van der Waals surface area contributed by atoms with Gasteiger partial charge in [0.25, 0.3) is 0 Å². The molecule has 0 atom stereocenters. The zero-order valence-electron chi connectivity index (χ0n) is 19.3. The molecule has 0 spiro atoms. The largest absolute Gasteiger partial charge is 0.382 e. The van der Waals surface area contributed by atoms with E-state index in [1.165, 1.54) is 30.2 Å². The molecule has 3 N–H and O–H groups in total. The molecule has 2 saturated heterocycles. The van der Waals surface area contributed by atoms with Gasteiger partial charge in [-0.3, -0.25) is 4.79 Å². The summed E-state index contributed by atoms with van der Waals surface area (Å²) in [6, 6.07) is 12.7. The monoisotopic (exact) mass is 480 g/mol. The minimum absolute atomic E-state index is 0.160. The number of nitrogens with two attached hydrogens (primary N) is 1. The van der Waals surface area contributed by atoms with Crippen molar-refractivity contribution < 1.29 is 9.18 Å². The Bertz CT molecular complexity index is 1170. The van der Waals surface area contributed by atoms with E-state index in [4.69, 9.17) is 5.73 Å². The number of rotatable bonds is 6. The molecule has 2 aliphatic heterocycles. The number of carbonyl (C=O) groups is 1. The number of halogens is 1. The standard InChI is InChI=1S/C25H29FN6OS/c1-30-12-14-32(15-13-30)21-9-6-18(16-20(21)26)28-25-29-24(27)23(34-25)22(33)17-4-7-19(8-5-17)31-10-2-3-11-31/h4-9,16H,2-3,10-15,27H2,1H3,(H,28,29). The first kappa shape index (κ1) is 22.6. The molecule has 2 aliphatic rings. The Hall–Kier alpha value is -3.17. The highest BCUT2D eigenvalue weighted by Crippen LogP contribution is 2.32. The van der Waals surface area contributed by atoms with Crippen molar-refractivity contribution in [2.45, 2.75) is 12.8 Å². The SMILES string of the molecule is CN1CCN(c2ccc(Nc3nc(N)c(C(=O)c4ccc(N5CCCC5)cc4)s3)cc2F)CC1. The number of carbonyl (C=O) groups excluding carboxylic acids is 1. The molecule has 0 unspecified atom stereocenters. The molecule has 5 rings (SSSR count). The lowest BCUT2D eigenvalue weighted by Gasteiger charge is -2.34. The third-order valence-corrected chi connectivity index (χ3v) is 7.49. The number of aromatic nitrogens is 1. The number of anilines is 5. The van der Waals surface area contributed by atoms with E-state index in [1.807, 2.05) is 30.3 Å². The number of nitrogen functional groups attached to an aromatic ring is 1. The highest BCUT2D eigenvalue weighted by molar-refractivity contribution is 7.18. The summed E-state index contributed by atoms with van der Waals surface area (Å²) in [5.41, 5.74) is 8.95. The fraction of sp³-hybridized carbons (Fsp3) is 0.360. The van der Waals surface area contributed by atoms with E-state index < -0.39 is 0 Å². The van der Waals surface area contributed by atoms with Crippen LogP contribution in [0, 0.1) is 5.82 Å². The molecule has 7 nitrogen and oxygen atoms in total. The van der Waals surface area contributed by atoms with E-state index in [1.54, 1.807) is 6.07 Å². The van der Waals surface area contributed by atoms with Crippen LogP contribution < -0.4 is 20.9 Å². The van der Waals surface area contributed by atoms with Crippen molar-refractivity contribution in [1.82, 2.24) is 9.88 Å². The van der Waals surface area contributed by atoms with E-state index >= 15 is 0 Å². The van der Waals surface area contributed by atoms with Gasteiger partial charge < -0.3 is 25.8 Å². The van der Waals surface area contributed by atoms with Crippen LogP contribution in [0.5, 0.6) is 0 Å². The predicted octanol–water partition coefficient (Wildman–Crippen LogP) is 4.19. The molecule has 1 aromatic heterocycles. The van der Waals surface area contributed by atoms with Crippen LogP contribution in [-0.4, -0.2) is 62.0 Å². The van der Waals surface area contributed by atoms with Crippen molar-refractivity contribution in [3.63, 3.8) is 0 Å². The zero-order chi connectivity index (χ0) is 23.7. The first-order chi connectivity index (χ1) is 16.5. The van der Waals surface area contributed by atoms with Crippen LogP contribution in [0.3, 0.4) is 0 Å². The van der Waals surface area contributed by atoms with Gasteiger partial charge in [-0.1, -0.05) is 11.3 Å². The Balaban J connectivity index is 1.28. The van der Waals surface area contributed by atoms with Crippen LogP contribution >= 0.6 is 11.3 Å². The minimum atomic E-state index is -0.284. The highest BCUT2D eigenvalue weighted by atomic mass is 32.1. The molecule has 3 aromatic rings. The summed E-state index contributed by atoms with van der Waals surface area (Å²) in [4.78, 5) is 24.3. The Morgan fingerprint density at radius 2 is 1.71 bits per heavy atom. The lowest BCUT2D eigenvalue weighted by atomic mass is 10.1. The Kier molecular flexibility index (Phi) is 6.38. The smallest absolute Gasteiger partial charge is 0.206 e. The van der Waals surface area contributed by atoms with Gasteiger partial charge in [0.05, 0.1) is 5.69 Å². The van der Waals surface area contributed by atoms with Crippen molar-refractivity contribution in [3.8, 4) is 0 Å². The quantitative estimate of drug-likeness (QED) is 0.512. The fourth-order valence-electron chi connectivity index (χ4n) is 4.49. The van der Waals surface area contributed by atoms with Crippen LogP contribution in [0.25, 0.3) is 0 Å². The van der Waals surface area contributed by atoms with Gasteiger partial charge >= 0.3 is 0 Å². The van der Waals surface area contributed by atoms with E-state index in [0.717, 1.165) is 45.0 Å². The lowest BCUT2D eigenvalue weighted by molar-refractivity contribution is 0.104. The first-order valence-electron chi connectivity index (χ1n) is 11.6. The summed E-state index contributed by atoms with van der Waals surface area (Å²) in [7, 11) is 2.07. The highest BCUT2D eigenvalue weighted by Gasteiger charge is 2.21. The molecular formula is C25H29FN6OS. The van der Waals surface area contributed by atoms with Crippen LogP contribution in [0.2, 0.25) is 0 Å². The molecule has 2 aromatic carbocycles. The third-order valence-electron chi connectivity index (χ3n) is 6.50. The normalized spacial score (nSPS) is 16.8. The van der Waals surface area contributed by atoms with E-state index in [2.05, 4.69) is 32.0 Å². The first-order valence-corrected chi connectivity index (χ1v) is 12.5. The second kappa shape index (κ2) is 9.60. The van der Waals surface area contributed by atoms with Gasteiger partial charge in [-0.05, 0) is 62.4 Å². The van der Waals surface area contributed by atoms with Crippen molar-refractivity contribution in [2.75, 3.05) is 67.2 Å². The van der Waals surface area contributed by atoms with Crippen molar-refractivity contribution in [2.24, 2.45) is 0 Å². The van der Waals surface area contributed by atoms with Crippen molar-refractivity contribution in [1.29, 1.82) is 0 Å². The Morgan fingerprint density at radius 1 is 1.00 bits per heavy atom. The predicted molar refractivity (Wildman–Crippen MR) is 137 cm³/mol. The molecule has 34 heavy (non-hydrogen) atoms. The minimum Gasteiger partial charge on any atom is -0.382 e. The number of likely N-dealkylation sites (N-methyl/N-ethyl adjacent to an activating group) is 1.